The molecule has 1 aromatic rings. The minimum atomic E-state index is -3.86. The van der Waals surface area contributed by atoms with E-state index in [0.29, 0.717) is 25.8 Å². The summed E-state index contributed by atoms with van der Waals surface area (Å²) in [7, 11) is -3.86. The van der Waals surface area contributed by atoms with Crippen molar-refractivity contribution in [3.63, 3.8) is 0 Å². The number of nitrogens with zero attached hydrogens (tertiary/aromatic N) is 2. The van der Waals surface area contributed by atoms with Gasteiger partial charge in [0.15, 0.2) is 5.96 Å². The lowest BCUT2D eigenvalue weighted by molar-refractivity contribution is -0.150. The molecule has 2 amide bonds. The Morgan fingerprint density at radius 1 is 1.18 bits per heavy atom. The van der Waals surface area contributed by atoms with Crippen molar-refractivity contribution in [2.24, 2.45) is 5.73 Å². The first-order valence-electron chi connectivity index (χ1n) is 11.2. The van der Waals surface area contributed by atoms with Gasteiger partial charge >= 0.3 is 0 Å². The number of aliphatic hydroxyl groups is 2. The highest BCUT2D eigenvalue weighted by atomic mass is 32.2. The summed E-state index contributed by atoms with van der Waals surface area (Å²) in [5.41, 5.74) is 6.29. The van der Waals surface area contributed by atoms with Gasteiger partial charge in [0.25, 0.3) is 0 Å². The summed E-state index contributed by atoms with van der Waals surface area (Å²) in [5, 5.41) is 30.3. The number of hydrogen-bond acceptors (Lipinski definition) is 7. The van der Waals surface area contributed by atoms with E-state index in [-0.39, 0.29) is 24.7 Å². The largest absolute Gasteiger partial charge is 0.394 e. The van der Waals surface area contributed by atoms with Crippen LogP contribution in [0.3, 0.4) is 0 Å². The molecule has 7 N–H and O–H groups in total. The number of hydrogen-bond donors (Lipinski definition) is 6. The van der Waals surface area contributed by atoms with Crippen LogP contribution in [0.2, 0.25) is 0 Å². The molecule has 2 heterocycles. The van der Waals surface area contributed by atoms with Crippen molar-refractivity contribution in [1.82, 2.24) is 19.8 Å². The van der Waals surface area contributed by atoms with Gasteiger partial charge in [0, 0.05) is 13.1 Å². The van der Waals surface area contributed by atoms with E-state index < -0.39 is 52.8 Å². The number of benzene rings is 1. The molecule has 0 spiro atoms. The molecule has 1 aromatic carbocycles. The zero-order valence-electron chi connectivity index (χ0n) is 18.8. The number of guanidine groups is 1. The molecule has 3 rings (SSSR count). The molecule has 2 fully saturated rings. The van der Waals surface area contributed by atoms with E-state index in [1.807, 2.05) is 6.07 Å². The third kappa shape index (κ3) is 6.23. The van der Waals surface area contributed by atoms with Crippen molar-refractivity contribution in [3.05, 3.63) is 35.9 Å². The molecule has 0 aromatic heterocycles. The van der Waals surface area contributed by atoms with Gasteiger partial charge in [0.05, 0.1) is 18.4 Å². The Labute approximate surface area is 198 Å². The highest BCUT2D eigenvalue weighted by molar-refractivity contribution is 7.89. The van der Waals surface area contributed by atoms with Gasteiger partial charge in [-0.1, -0.05) is 30.3 Å². The van der Waals surface area contributed by atoms with Crippen LogP contribution in [0, 0.1) is 5.41 Å². The first-order valence-corrected chi connectivity index (χ1v) is 12.8. The molecule has 2 aliphatic rings. The van der Waals surface area contributed by atoms with Crippen molar-refractivity contribution >= 4 is 27.8 Å². The molecule has 12 nitrogen and oxygen atoms in total. The average Bonchev–Trinajstić information content (AvgIpc) is 2.77. The summed E-state index contributed by atoms with van der Waals surface area (Å²) >= 11 is 0. The van der Waals surface area contributed by atoms with Gasteiger partial charge in [-0.05, 0) is 31.2 Å². The van der Waals surface area contributed by atoms with Gasteiger partial charge in [-0.25, -0.2) is 13.1 Å². The third-order valence-corrected chi connectivity index (χ3v) is 7.53. The Morgan fingerprint density at radius 3 is 2.47 bits per heavy atom. The Hall–Kier alpha value is -2.74. The third-order valence-electron chi connectivity index (χ3n) is 6.14. The molecule has 4 atom stereocenters. The summed E-state index contributed by atoms with van der Waals surface area (Å²) in [6, 6.07) is 6.12. The number of aryl methyl sites for hydroxylation is 1. The van der Waals surface area contributed by atoms with E-state index in [1.165, 1.54) is 9.80 Å². The summed E-state index contributed by atoms with van der Waals surface area (Å²) in [6.07, 6.45) is 0.568. The standard InChI is InChI=1S/C21H32N6O6S/c22-21(23)27-10-4-7-15(19(27)30)24-18(29)17-8-11-26(17)20(31)16(13-28)25-34(32,33)12-9-14-5-2-1-3-6-14/h1-3,5-6,15-17,19,25,28,30H,4,7-13H2,(H3,22,23)(H,24,29)/t15-,16+,17-,19?/m0/s1. The number of rotatable bonds is 9. The molecule has 13 heteroatoms. The number of nitrogens with one attached hydrogen (secondary N) is 3. The van der Waals surface area contributed by atoms with Crippen LogP contribution >= 0.6 is 0 Å². The number of amides is 2. The number of carbonyl (C=O) groups excluding carboxylic acids is 2. The number of aliphatic hydroxyl groups excluding tert-OH is 2. The second-order valence-corrected chi connectivity index (χ2v) is 10.4. The Balaban J connectivity index is 1.56. The molecule has 34 heavy (non-hydrogen) atoms. The number of piperidine rings is 1. The lowest BCUT2D eigenvalue weighted by atomic mass is 9.98. The lowest BCUT2D eigenvalue weighted by Gasteiger charge is -2.43. The molecule has 0 saturated carbocycles. The topological polar surface area (TPSA) is 189 Å². The zero-order valence-corrected chi connectivity index (χ0v) is 19.6. The summed E-state index contributed by atoms with van der Waals surface area (Å²) in [4.78, 5) is 28.1. The van der Waals surface area contributed by atoms with Gasteiger partial charge in [-0.15, -0.1) is 0 Å². The molecular weight excluding hydrogens is 464 g/mol. The molecule has 0 bridgehead atoms. The van der Waals surface area contributed by atoms with E-state index in [4.69, 9.17) is 11.1 Å². The van der Waals surface area contributed by atoms with Crippen LogP contribution in [-0.4, -0.2) is 96.0 Å². The minimum absolute atomic E-state index is 0.242. The Kier molecular flexibility index (Phi) is 8.47. The zero-order chi connectivity index (χ0) is 24.9. The fourth-order valence-corrected chi connectivity index (χ4v) is 5.36. The highest BCUT2D eigenvalue weighted by Crippen LogP contribution is 2.21. The maximum absolute atomic E-state index is 12.9. The number of likely N-dealkylation sites (tertiary alicyclic amines) is 2. The lowest BCUT2D eigenvalue weighted by Crippen LogP contribution is -2.66. The van der Waals surface area contributed by atoms with Gasteiger partial charge in [0.2, 0.25) is 21.8 Å². The second kappa shape index (κ2) is 11.1. The van der Waals surface area contributed by atoms with Gasteiger partial charge in [0.1, 0.15) is 18.3 Å². The molecule has 2 saturated heterocycles. The Bertz CT molecular complexity index is 991. The average molecular weight is 497 g/mol. The van der Waals surface area contributed by atoms with E-state index in [1.54, 1.807) is 24.3 Å². The minimum Gasteiger partial charge on any atom is -0.394 e. The molecule has 1 unspecified atom stereocenters. The molecule has 2 aliphatic heterocycles. The smallest absolute Gasteiger partial charge is 0.243 e. The monoisotopic (exact) mass is 496 g/mol. The number of nitrogens with two attached hydrogens (primary N) is 1. The molecular formula is C21H32N6O6S. The quantitative estimate of drug-likeness (QED) is 0.166. The molecule has 188 valence electrons. The first kappa shape index (κ1) is 25.9. The van der Waals surface area contributed by atoms with E-state index in [9.17, 15) is 28.2 Å². The SMILES string of the molecule is N=C(N)N1CCC[C@H](NC(=O)[C@@H]2CCN2C(=O)[C@@H](CO)NS(=O)(=O)CCc2ccccc2)C1O. The van der Waals surface area contributed by atoms with Crippen molar-refractivity contribution in [2.75, 3.05) is 25.4 Å². The van der Waals surface area contributed by atoms with Gasteiger partial charge in [-0.2, -0.15) is 0 Å². The normalized spacial score (nSPS) is 23.6. The number of sulfonamides is 1. The fourth-order valence-electron chi connectivity index (χ4n) is 4.13. The van der Waals surface area contributed by atoms with Crippen LogP contribution in [0.4, 0.5) is 0 Å². The summed E-state index contributed by atoms with van der Waals surface area (Å²) in [6.45, 7) is -0.103. The fraction of sp³-hybridized carbons (Fsp3) is 0.571. The van der Waals surface area contributed by atoms with E-state index >= 15 is 0 Å². The van der Waals surface area contributed by atoms with Gasteiger partial charge < -0.3 is 31.1 Å². The van der Waals surface area contributed by atoms with Crippen molar-refractivity contribution in [1.29, 1.82) is 5.41 Å². The van der Waals surface area contributed by atoms with Crippen LogP contribution in [-0.2, 0) is 26.0 Å². The number of carbonyl (C=O) groups is 2. The maximum atomic E-state index is 12.9. The highest BCUT2D eigenvalue weighted by Gasteiger charge is 2.42. The van der Waals surface area contributed by atoms with Crippen molar-refractivity contribution < 1.29 is 28.2 Å². The van der Waals surface area contributed by atoms with Crippen LogP contribution < -0.4 is 15.8 Å². The van der Waals surface area contributed by atoms with E-state index in [2.05, 4.69) is 10.0 Å². The first-order chi connectivity index (χ1) is 16.1. The summed E-state index contributed by atoms with van der Waals surface area (Å²) < 4.78 is 27.2. The van der Waals surface area contributed by atoms with Crippen LogP contribution in [0.1, 0.15) is 24.8 Å². The van der Waals surface area contributed by atoms with Crippen molar-refractivity contribution in [2.45, 2.75) is 50.0 Å². The molecule has 0 radical (unpaired) electrons. The second-order valence-electron chi connectivity index (χ2n) is 8.49. The van der Waals surface area contributed by atoms with Gasteiger partial charge in [-0.3, -0.25) is 15.0 Å². The predicted octanol–water partition coefficient (Wildman–Crippen LogP) is -2.10. The van der Waals surface area contributed by atoms with Crippen LogP contribution in [0.5, 0.6) is 0 Å². The Morgan fingerprint density at radius 2 is 1.88 bits per heavy atom. The van der Waals surface area contributed by atoms with Crippen molar-refractivity contribution in [3.8, 4) is 0 Å². The maximum Gasteiger partial charge on any atom is 0.243 e. The van der Waals surface area contributed by atoms with Crippen LogP contribution in [0.15, 0.2) is 30.3 Å². The van der Waals surface area contributed by atoms with E-state index in [0.717, 1.165) is 5.56 Å². The molecule has 0 aliphatic carbocycles. The van der Waals surface area contributed by atoms with Crippen LogP contribution in [0.25, 0.3) is 0 Å². The predicted molar refractivity (Wildman–Crippen MR) is 124 cm³/mol. The summed E-state index contributed by atoms with van der Waals surface area (Å²) in [5.74, 6) is -1.72.